The SMILES string of the molecule is COc1ccc(C)nc1NC(=O)N1Cc2ccccc2C1. The van der Waals surface area contributed by atoms with Crippen LogP contribution in [0.4, 0.5) is 10.6 Å². The second-order valence-corrected chi connectivity index (χ2v) is 5.06. The topological polar surface area (TPSA) is 54.5 Å². The van der Waals surface area contributed by atoms with E-state index in [1.807, 2.05) is 37.3 Å². The minimum Gasteiger partial charge on any atom is -0.493 e. The number of ether oxygens (including phenoxy) is 1. The average Bonchev–Trinajstić information content (AvgIpc) is 2.91. The molecule has 0 aliphatic carbocycles. The number of rotatable bonds is 2. The van der Waals surface area contributed by atoms with Gasteiger partial charge in [0, 0.05) is 18.8 Å². The van der Waals surface area contributed by atoms with Crippen molar-refractivity contribution in [2.24, 2.45) is 0 Å². The molecule has 2 heterocycles. The van der Waals surface area contributed by atoms with Gasteiger partial charge in [0.2, 0.25) is 0 Å². The minimum atomic E-state index is -0.164. The first-order valence-corrected chi connectivity index (χ1v) is 6.81. The first kappa shape index (κ1) is 13.4. The number of aromatic nitrogens is 1. The molecule has 2 amide bonds. The molecule has 0 atom stereocenters. The average molecular weight is 283 g/mol. The van der Waals surface area contributed by atoms with Gasteiger partial charge in [0.15, 0.2) is 11.6 Å². The van der Waals surface area contributed by atoms with Crippen molar-refractivity contribution in [1.82, 2.24) is 9.88 Å². The number of carbonyl (C=O) groups is 1. The largest absolute Gasteiger partial charge is 0.493 e. The molecule has 1 aliphatic heterocycles. The minimum absolute atomic E-state index is 0.164. The number of hydrogen-bond acceptors (Lipinski definition) is 3. The zero-order chi connectivity index (χ0) is 14.8. The molecular weight excluding hydrogens is 266 g/mol. The zero-order valence-corrected chi connectivity index (χ0v) is 12.1. The van der Waals surface area contributed by atoms with Crippen molar-refractivity contribution >= 4 is 11.8 Å². The Morgan fingerprint density at radius 1 is 1.19 bits per heavy atom. The fourth-order valence-electron chi connectivity index (χ4n) is 2.46. The van der Waals surface area contributed by atoms with Crippen LogP contribution in [0.2, 0.25) is 0 Å². The van der Waals surface area contributed by atoms with Gasteiger partial charge in [-0.2, -0.15) is 0 Å². The summed E-state index contributed by atoms with van der Waals surface area (Å²) in [4.78, 5) is 18.5. The summed E-state index contributed by atoms with van der Waals surface area (Å²) in [6.45, 7) is 3.12. The smallest absolute Gasteiger partial charge is 0.323 e. The van der Waals surface area contributed by atoms with E-state index in [-0.39, 0.29) is 6.03 Å². The van der Waals surface area contributed by atoms with Crippen LogP contribution >= 0.6 is 0 Å². The lowest BCUT2D eigenvalue weighted by atomic mass is 10.1. The number of pyridine rings is 1. The molecule has 108 valence electrons. The summed E-state index contributed by atoms with van der Waals surface area (Å²) in [6, 6.07) is 11.6. The van der Waals surface area contributed by atoms with Gasteiger partial charge in [0.05, 0.1) is 7.11 Å². The van der Waals surface area contributed by atoms with Gasteiger partial charge in [-0.1, -0.05) is 24.3 Å². The third kappa shape index (κ3) is 2.67. The number of urea groups is 1. The van der Waals surface area contributed by atoms with Crippen molar-refractivity contribution in [2.45, 2.75) is 20.0 Å². The van der Waals surface area contributed by atoms with Gasteiger partial charge >= 0.3 is 6.03 Å². The molecule has 1 aromatic heterocycles. The molecule has 1 aromatic carbocycles. The molecule has 0 bridgehead atoms. The second-order valence-electron chi connectivity index (χ2n) is 5.06. The van der Waals surface area contributed by atoms with E-state index in [1.54, 1.807) is 18.1 Å². The standard InChI is InChI=1S/C16H17N3O2/c1-11-7-8-14(21-2)15(17-11)18-16(20)19-9-12-5-3-4-6-13(12)10-19/h3-8H,9-10H2,1-2H3,(H,17,18,20). The summed E-state index contributed by atoms with van der Waals surface area (Å²) in [6.07, 6.45) is 0. The molecule has 0 fully saturated rings. The third-order valence-corrected chi connectivity index (χ3v) is 3.57. The number of nitrogens with zero attached hydrogens (tertiary/aromatic N) is 2. The van der Waals surface area contributed by atoms with Crippen molar-refractivity contribution < 1.29 is 9.53 Å². The lowest BCUT2D eigenvalue weighted by molar-refractivity contribution is 0.212. The van der Waals surface area contributed by atoms with Crippen LogP contribution in [0.5, 0.6) is 5.75 Å². The van der Waals surface area contributed by atoms with Crippen LogP contribution in [0.3, 0.4) is 0 Å². The Kier molecular flexibility index (Phi) is 3.48. The van der Waals surface area contributed by atoms with Crippen LogP contribution in [-0.2, 0) is 13.1 Å². The maximum absolute atomic E-state index is 12.4. The number of aryl methyl sites for hydroxylation is 1. The summed E-state index contributed by atoms with van der Waals surface area (Å²) < 4.78 is 5.23. The lowest BCUT2D eigenvalue weighted by Crippen LogP contribution is -2.30. The normalized spacial score (nSPS) is 13.0. The summed E-state index contributed by atoms with van der Waals surface area (Å²) in [5, 5.41) is 2.83. The highest BCUT2D eigenvalue weighted by molar-refractivity contribution is 5.90. The Hall–Kier alpha value is -2.56. The van der Waals surface area contributed by atoms with Gasteiger partial charge < -0.3 is 9.64 Å². The van der Waals surface area contributed by atoms with Crippen LogP contribution in [0.15, 0.2) is 36.4 Å². The Morgan fingerprint density at radius 2 is 1.86 bits per heavy atom. The second kappa shape index (κ2) is 5.44. The highest BCUT2D eigenvalue weighted by Crippen LogP contribution is 2.25. The van der Waals surface area contributed by atoms with E-state index < -0.39 is 0 Å². The van der Waals surface area contributed by atoms with E-state index in [2.05, 4.69) is 10.3 Å². The number of methoxy groups -OCH3 is 1. The number of benzene rings is 1. The first-order chi connectivity index (χ1) is 10.2. The van der Waals surface area contributed by atoms with E-state index in [4.69, 9.17) is 4.74 Å². The molecular formula is C16H17N3O2. The van der Waals surface area contributed by atoms with Crippen molar-refractivity contribution in [2.75, 3.05) is 12.4 Å². The van der Waals surface area contributed by atoms with Crippen LogP contribution in [0.25, 0.3) is 0 Å². The summed E-state index contributed by atoms with van der Waals surface area (Å²) in [5.41, 5.74) is 3.21. The van der Waals surface area contributed by atoms with Crippen molar-refractivity contribution in [3.8, 4) is 5.75 Å². The van der Waals surface area contributed by atoms with Crippen molar-refractivity contribution in [3.05, 3.63) is 53.2 Å². The molecule has 3 rings (SSSR count). The monoisotopic (exact) mass is 283 g/mol. The van der Waals surface area contributed by atoms with E-state index >= 15 is 0 Å². The summed E-state index contributed by atoms with van der Waals surface area (Å²) in [5.74, 6) is 1.02. The van der Waals surface area contributed by atoms with Gasteiger partial charge in [0.25, 0.3) is 0 Å². The van der Waals surface area contributed by atoms with Gasteiger partial charge in [-0.3, -0.25) is 5.32 Å². The quantitative estimate of drug-likeness (QED) is 0.922. The maximum Gasteiger partial charge on any atom is 0.323 e. The molecule has 0 radical (unpaired) electrons. The van der Waals surface area contributed by atoms with E-state index in [9.17, 15) is 4.79 Å². The van der Waals surface area contributed by atoms with E-state index in [0.717, 1.165) is 5.69 Å². The van der Waals surface area contributed by atoms with Gasteiger partial charge in [-0.25, -0.2) is 9.78 Å². The lowest BCUT2D eigenvalue weighted by Gasteiger charge is -2.17. The Labute approximate surface area is 123 Å². The molecule has 21 heavy (non-hydrogen) atoms. The van der Waals surface area contributed by atoms with Crippen molar-refractivity contribution in [3.63, 3.8) is 0 Å². The zero-order valence-electron chi connectivity index (χ0n) is 12.1. The Balaban J connectivity index is 1.75. The first-order valence-electron chi connectivity index (χ1n) is 6.81. The third-order valence-electron chi connectivity index (χ3n) is 3.57. The molecule has 0 saturated heterocycles. The predicted octanol–water partition coefficient (Wildman–Crippen LogP) is 2.95. The van der Waals surface area contributed by atoms with Crippen LogP contribution in [-0.4, -0.2) is 23.0 Å². The number of nitrogens with one attached hydrogen (secondary N) is 1. The molecule has 0 saturated carbocycles. The molecule has 0 unspecified atom stereocenters. The maximum atomic E-state index is 12.4. The number of amides is 2. The molecule has 2 aromatic rings. The summed E-state index contributed by atoms with van der Waals surface area (Å²) >= 11 is 0. The molecule has 5 heteroatoms. The fraction of sp³-hybridized carbons (Fsp3) is 0.250. The predicted molar refractivity (Wildman–Crippen MR) is 80.2 cm³/mol. The highest BCUT2D eigenvalue weighted by Gasteiger charge is 2.23. The molecule has 1 aliphatic rings. The van der Waals surface area contributed by atoms with Crippen LogP contribution < -0.4 is 10.1 Å². The van der Waals surface area contributed by atoms with Crippen LogP contribution in [0.1, 0.15) is 16.8 Å². The highest BCUT2D eigenvalue weighted by atomic mass is 16.5. The molecule has 1 N–H and O–H groups in total. The van der Waals surface area contributed by atoms with E-state index in [1.165, 1.54) is 11.1 Å². The Bertz CT molecular complexity index is 660. The number of hydrogen-bond donors (Lipinski definition) is 1. The molecule has 5 nitrogen and oxygen atoms in total. The van der Waals surface area contributed by atoms with E-state index in [0.29, 0.717) is 24.7 Å². The number of anilines is 1. The number of fused-ring (bicyclic) bond motifs is 1. The summed E-state index contributed by atoms with van der Waals surface area (Å²) in [7, 11) is 1.56. The van der Waals surface area contributed by atoms with Gasteiger partial charge in [-0.15, -0.1) is 0 Å². The molecule has 0 spiro atoms. The van der Waals surface area contributed by atoms with Crippen LogP contribution in [0, 0.1) is 6.92 Å². The van der Waals surface area contributed by atoms with Gasteiger partial charge in [0.1, 0.15) is 0 Å². The Morgan fingerprint density at radius 3 is 2.48 bits per heavy atom. The van der Waals surface area contributed by atoms with Gasteiger partial charge in [-0.05, 0) is 30.2 Å². The number of carbonyl (C=O) groups excluding carboxylic acids is 1. The fourth-order valence-corrected chi connectivity index (χ4v) is 2.46. The van der Waals surface area contributed by atoms with Crippen molar-refractivity contribution in [1.29, 1.82) is 0 Å².